The van der Waals surface area contributed by atoms with Crippen LogP contribution in [0.1, 0.15) is 42.6 Å². The van der Waals surface area contributed by atoms with Gasteiger partial charge >= 0.3 is 0 Å². The Labute approximate surface area is 138 Å². The number of aliphatic hydroxyl groups is 1. The summed E-state index contributed by atoms with van der Waals surface area (Å²) in [4.78, 5) is 23.9. The van der Waals surface area contributed by atoms with Crippen molar-refractivity contribution in [3.05, 3.63) is 41.2 Å². The first-order valence-corrected chi connectivity index (χ1v) is 7.76. The third kappa shape index (κ3) is 2.29. The van der Waals surface area contributed by atoms with Gasteiger partial charge in [0.1, 0.15) is 23.0 Å². The standard InChI is InChI=1S/C19H16O5/c1-10(20)6-12-7-11-4-3-5-13-17(11)15(23-12)8-16-18(13)14(21)9-19(2,22)24-16/h3-5,7-8,22H,6,9H2,1-2H3/t19-/m1/s1. The van der Waals surface area contributed by atoms with Crippen LogP contribution in [-0.2, 0) is 4.79 Å². The molecule has 122 valence electrons. The van der Waals surface area contributed by atoms with E-state index in [1.54, 1.807) is 6.07 Å². The van der Waals surface area contributed by atoms with E-state index < -0.39 is 5.79 Å². The first-order valence-electron chi connectivity index (χ1n) is 7.76. The SMILES string of the molecule is CC(=O)CC1=Cc2cccc3c4c(cc(c23)O1)O[C@@](C)(O)CC4=O. The Hall–Kier alpha value is -2.66. The summed E-state index contributed by atoms with van der Waals surface area (Å²) >= 11 is 0. The van der Waals surface area contributed by atoms with Gasteiger partial charge in [-0.3, -0.25) is 9.59 Å². The maximum Gasteiger partial charge on any atom is 0.212 e. The van der Waals surface area contributed by atoms with Crippen LogP contribution in [-0.4, -0.2) is 22.5 Å². The average molecular weight is 324 g/mol. The molecular formula is C19H16O5. The highest BCUT2D eigenvalue weighted by Crippen LogP contribution is 2.45. The van der Waals surface area contributed by atoms with Crippen molar-refractivity contribution >= 4 is 28.4 Å². The third-order valence-electron chi connectivity index (χ3n) is 4.20. The molecule has 2 heterocycles. The molecular weight excluding hydrogens is 308 g/mol. The van der Waals surface area contributed by atoms with Crippen LogP contribution in [0, 0.1) is 0 Å². The van der Waals surface area contributed by atoms with Crippen LogP contribution >= 0.6 is 0 Å². The number of benzene rings is 2. The average Bonchev–Trinajstić information content (AvgIpc) is 2.44. The van der Waals surface area contributed by atoms with E-state index in [2.05, 4.69) is 0 Å². The molecule has 5 heteroatoms. The Morgan fingerprint density at radius 1 is 1.33 bits per heavy atom. The molecule has 2 aromatic carbocycles. The van der Waals surface area contributed by atoms with E-state index in [9.17, 15) is 14.7 Å². The molecule has 1 N–H and O–H groups in total. The minimum Gasteiger partial charge on any atom is -0.461 e. The van der Waals surface area contributed by atoms with Crippen LogP contribution in [0.4, 0.5) is 0 Å². The molecule has 0 amide bonds. The molecule has 0 bridgehead atoms. The van der Waals surface area contributed by atoms with E-state index in [0.29, 0.717) is 22.8 Å². The summed E-state index contributed by atoms with van der Waals surface area (Å²) in [5.41, 5.74) is 1.37. The highest BCUT2D eigenvalue weighted by Gasteiger charge is 2.37. The van der Waals surface area contributed by atoms with Crippen molar-refractivity contribution in [2.45, 2.75) is 32.5 Å². The summed E-state index contributed by atoms with van der Waals surface area (Å²) in [6.45, 7) is 2.97. The lowest BCUT2D eigenvalue weighted by atomic mass is 9.90. The number of fused-ring (bicyclic) bond motifs is 2. The number of carbonyl (C=O) groups is 2. The normalized spacial score (nSPS) is 21.6. The van der Waals surface area contributed by atoms with Crippen molar-refractivity contribution in [1.82, 2.24) is 0 Å². The van der Waals surface area contributed by atoms with Crippen molar-refractivity contribution in [1.29, 1.82) is 0 Å². The van der Waals surface area contributed by atoms with E-state index in [4.69, 9.17) is 9.47 Å². The Bertz CT molecular complexity index is 936. The van der Waals surface area contributed by atoms with Crippen molar-refractivity contribution in [3.8, 4) is 11.5 Å². The van der Waals surface area contributed by atoms with Gasteiger partial charge in [0.25, 0.3) is 0 Å². The van der Waals surface area contributed by atoms with E-state index in [1.165, 1.54) is 13.8 Å². The van der Waals surface area contributed by atoms with Crippen molar-refractivity contribution in [2.24, 2.45) is 0 Å². The Balaban J connectivity index is 1.97. The zero-order chi connectivity index (χ0) is 17.1. The summed E-state index contributed by atoms with van der Waals surface area (Å²) in [6, 6.07) is 7.25. The molecule has 2 aliphatic heterocycles. The van der Waals surface area contributed by atoms with Crippen LogP contribution in [0.25, 0.3) is 16.8 Å². The zero-order valence-electron chi connectivity index (χ0n) is 13.4. The van der Waals surface area contributed by atoms with Gasteiger partial charge in [0, 0.05) is 23.8 Å². The predicted molar refractivity (Wildman–Crippen MR) is 88.1 cm³/mol. The molecule has 0 saturated carbocycles. The second-order valence-electron chi connectivity index (χ2n) is 6.49. The first-order chi connectivity index (χ1) is 11.3. The van der Waals surface area contributed by atoms with Gasteiger partial charge in [0.2, 0.25) is 5.79 Å². The summed E-state index contributed by atoms with van der Waals surface area (Å²) in [5, 5.41) is 11.7. The Morgan fingerprint density at radius 2 is 2.12 bits per heavy atom. The number of hydrogen-bond acceptors (Lipinski definition) is 5. The molecule has 0 radical (unpaired) electrons. The van der Waals surface area contributed by atoms with Gasteiger partial charge in [-0.05, 0) is 18.6 Å². The number of ether oxygens (including phenoxy) is 2. The monoisotopic (exact) mass is 324 g/mol. The fourth-order valence-corrected chi connectivity index (χ4v) is 3.35. The smallest absolute Gasteiger partial charge is 0.212 e. The summed E-state index contributed by atoms with van der Waals surface area (Å²) in [7, 11) is 0. The highest BCUT2D eigenvalue weighted by molar-refractivity contribution is 6.15. The molecule has 4 rings (SSSR count). The van der Waals surface area contributed by atoms with Gasteiger partial charge in [-0.2, -0.15) is 0 Å². The van der Waals surface area contributed by atoms with Crippen molar-refractivity contribution < 1.29 is 24.2 Å². The Morgan fingerprint density at radius 3 is 2.88 bits per heavy atom. The maximum absolute atomic E-state index is 12.5. The second kappa shape index (κ2) is 4.92. The lowest BCUT2D eigenvalue weighted by molar-refractivity contribution is -0.123. The van der Waals surface area contributed by atoms with Crippen LogP contribution in [0.2, 0.25) is 0 Å². The highest BCUT2D eigenvalue weighted by atomic mass is 16.6. The van der Waals surface area contributed by atoms with E-state index in [1.807, 2.05) is 24.3 Å². The van der Waals surface area contributed by atoms with E-state index in [0.717, 1.165) is 16.3 Å². The molecule has 24 heavy (non-hydrogen) atoms. The van der Waals surface area contributed by atoms with Crippen molar-refractivity contribution in [2.75, 3.05) is 0 Å². The molecule has 1 atom stereocenters. The topological polar surface area (TPSA) is 72.8 Å². The molecule has 0 fully saturated rings. The number of Topliss-reactive ketones (excluding diaryl/α,β-unsaturated/α-hetero) is 2. The predicted octanol–water partition coefficient (Wildman–Crippen LogP) is 3.23. The molecule has 0 aromatic heterocycles. The number of rotatable bonds is 2. The quantitative estimate of drug-likeness (QED) is 0.918. The zero-order valence-corrected chi connectivity index (χ0v) is 13.4. The minimum atomic E-state index is -1.53. The summed E-state index contributed by atoms with van der Waals surface area (Å²) in [5.74, 6) is -0.304. The molecule has 0 aliphatic carbocycles. The minimum absolute atomic E-state index is 0.00389. The lowest BCUT2D eigenvalue weighted by Crippen LogP contribution is -2.38. The Kier molecular flexibility index (Phi) is 3.05. The summed E-state index contributed by atoms with van der Waals surface area (Å²) in [6.07, 6.45) is 1.93. The van der Waals surface area contributed by atoms with Crippen molar-refractivity contribution in [3.63, 3.8) is 0 Å². The van der Waals surface area contributed by atoms with E-state index >= 15 is 0 Å². The largest absolute Gasteiger partial charge is 0.461 e. The summed E-state index contributed by atoms with van der Waals surface area (Å²) < 4.78 is 11.4. The third-order valence-corrected chi connectivity index (χ3v) is 4.20. The lowest BCUT2D eigenvalue weighted by Gasteiger charge is -2.32. The molecule has 2 aliphatic rings. The number of hydrogen-bond donors (Lipinski definition) is 1. The number of allylic oxidation sites excluding steroid dienone is 1. The van der Waals surface area contributed by atoms with E-state index in [-0.39, 0.29) is 24.4 Å². The van der Waals surface area contributed by atoms with Crippen LogP contribution < -0.4 is 9.47 Å². The maximum atomic E-state index is 12.5. The van der Waals surface area contributed by atoms with Crippen LogP contribution in [0.5, 0.6) is 11.5 Å². The van der Waals surface area contributed by atoms with Gasteiger partial charge in [-0.1, -0.05) is 18.2 Å². The fraction of sp³-hybridized carbons (Fsp3) is 0.263. The van der Waals surface area contributed by atoms with Gasteiger partial charge in [0.15, 0.2) is 5.78 Å². The van der Waals surface area contributed by atoms with Gasteiger partial charge in [-0.15, -0.1) is 0 Å². The van der Waals surface area contributed by atoms with Gasteiger partial charge in [-0.25, -0.2) is 0 Å². The molecule has 2 aromatic rings. The van der Waals surface area contributed by atoms with Gasteiger partial charge in [0.05, 0.1) is 18.4 Å². The fourth-order valence-electron chi connectivity index (χ4n) is 3.35. The number of carbonyl (C=O) groups excluding carboxylic acids is 2. The van der Waals surface area contributed by atoms with Gasteiger partial charge < -0.3 is 14.6 Å². The first kappa shape index (κ1) is 14.9. The molecule has 5 nitrogen and oxygen atoms in total. The van der Waals surface area contributed by atoms with Crippen LogP contribution in [0.15, 0.2) is 30.0 Å². The molecule has 0 unspecified atom stereocenters. The molecule has 0 saturated heterocycles. The number of ketones is 2. The second-order valence-corrected chi connectivity index (χ2v) is 6.49. The molecule has 0 spiro atoms. The van der Waals surface area contributed by atoms with Crippen LogP contribution in [0.3, 0.4) is 0 Å².